The maximum Gasteiger partial charge on any atom is 0.329 e. The number of amides is 3. The van der Waals surface area contributed by atoms with Gasteiger partial charge in [-0.2, -0.15) is 5.10 Å². The molecule has 164 valence electrons. The fourth-order valence-corrected chi connectivity index (χ4v) is 2.70. The van der Waals surface area contributed by atoms with E-state index in [1.165, 1.54) is 19.3 Å². The van der Waals surface area contributed by atoms with Crippen LogP contribution in [0.5, 0.6) is 11.5 Å². The molecule has 0 saturated carbocycles. The quantitative estimate of drug-likeness (QED) is 0.314. The predicted octanol–water partition coefficient (Wildman–Crippen LogP) is 2.61. The lowest BCUT2D eigenvalue weighted by Crippen LogP contribution is -2.35. The third-order valence-corrected chi connectivity index (χ3v) is 4.19. The summed E-state index contributed by atoms with van der Waals surface area (Å²) in [6, 6.07) is 9.56. The Morgan fingerprint density at radius 3 is 2.48 bits per heavy atom. The molecule has 0 aromatic heterocycles. The summed E-state index contributed by atoms with van der Waals surface area (Å²) in [6.45, 7) is 1.87. The first-order valence-corrected chi connectivity index (χ1v) is 9.79. The molecule has 0 aliphatic heterocycles. The minimum atomic E-state index is -0.893. The topological polar surface area (TPSA) is 118 Å². The van der Waals surface area contributed by atoms with Crippen LogP contribution in [0, 0.1) is 0 Å². The van der Waals surface area contributed by atoms with E-state index in [2.05, 4.69) is 21.2 Å². The van der Waals surface area contributed by atoms with Crippen molar-refractivity contribution in [2.45, 2.75) is 6.92 Å². The Hall–Kier alpha value is -3.30. The zero-order chi connectivity index (χ0) is 22.8. The van der Waals surface area contributed by atoms with Gasteiger partial charge in [-0.15, -0.1) is 0 Å². The van der Waals surface area contributed by atoms with Crippen molar-refractivity contribution in [3.05, 3.63) is 52.0 Å². The number of carbonyl (C=O) groups excluding carboxylic acids is 3. The lowest BCUT2D eigenvalue weighted by atomic mass is 10.2. The van der Waals surface area contributed by atoms with Crippen molar-refractivity contribution in [1.29, 1.82) is 0 Å². The van der Waals surface area contributed by atoms with Crippen molar-refractivity contribution >= 4 is 52.8 Å². The van der Waals surface area contributed by atoms with Gasteiger partial charge < -0.3 is 20.1 Å². The first kappa shape index (κ1) is 24.0. The van der Waals surface area contributed by atoms with E-state index >= 15 is 0 Å². The predicted molar refractivity (Wildman–Crippen MR) is 118 cm³/mol. The average molecular weight is 467 g/mol. The summed E-state index contributed by atoms with van der Waals surface area (Å²) >= 11 is 11.9. The molecule has 0 atom stereocenters. The van der Waals surface area contributed by atoms with Gasteiger partial charge in [-0.1, -0.05) is 23.2 Å². The molecular weight excluding hydrogens is 447 g/mol. The van der Waals surface area contributed by atoms with E-state index in [9.17, 15) is 14.4 Å². The zero-order valence-electron chi connectivity index (χ0n) is 16.7. The molecule has 2 aromatic rings. The molecule has 0 unspecified atom stereocenters. The second-order valence-corrected chi connectivity index (χ2v) is 6.72. The monoisotopic (exact) mass is 466 g/mol. The van der Waals surface area contributed by atoms with Gasteiger partial charge in [-0.3, -0.25) is 14.4 Å². The Morgan fingerprint density at radius 2 is 1.81 bits per heavy atom. The highest BCUT2D eigenvalue weighted by molar-refractivity contribution is 6.36. The number of nitrogens with zero attached hydrogens (tertiary/aromatic N) is 1. The normalized spacial score (nSPS) is 10.5. The van der Waals surface area contributed by atoms with E-state index in [0.717, 1.165) is 0 Å². The Labute approximate surface area is 188 Å². The number of hydrazone groups is 1. The van der Waals surface area contributed by atoms with E-state index in [1.54, 1.807) is 37.3 Å². The van der Waals surface area contributed by atoms with Crippen LogP contribution in [0.15, 0.2) is 41.5 Å². The average Bonchev–Trinajstić information content (AvgIpc) is 2.74. The number of halogens is 2. The molecule has 0 aliphatic carbocycles. The molecule has 0 bridgehead atoms. The Kier molecular flexibility index (Phi) is 9.11. The van der Waals surface area contributed by atoms with E-state index in [1.807, 2.05) is 0 Å². The van der Waals surface area contributed by atoms with E-state index in [4.69, 9.17) is 32.7 Å². The third-order valence-electron chi connectivity index (χ3n) is 3.64. The van der Waals surface area contributed by atoms with Crippen molar-refractivity contribution in [3.8, 4) is 11.5 Å². The summed E-state index contributed by atoms with van der Waals surface area (Å²) in [5, 5.41) is 9.29. The molecule has 9 nitrogen and oxygen atoms in total. The second kappa shape index (κ2) is 11.8. The fraction of sp³-hybridized carbons (Fsp3) is 0.200. The SMILES string of the molecule is CCOc1cc(/C=N\NC(=O)C(=O)NC)ccc1OCC(=O)Nc1ccc(Cl)cc1Cl. The minimum Gasteiger partial charge on any atom is -0.490 e. The molecule has 11 heteroatoms. The van der Waals surface area contributed by atoms with E-state index in [-0.39, 0.29) is 6.61 Å². The standard InChI is InChI=1S/C20H20Cl2N4O5/c1-3-30-17-8-12(10-24-26-20(29)19(28)23-2)4-7-16(17)31-11-18(27)25-15-6-5-13(21)9-14(15)22/h4-10H,3,11H2,1-2H3,(H,23,28)(H,25,27)(H,26,29)/b24-10-. The van der Waals surface area contributed by atoms with Gasteiger partial charge >= 0.3 is 11.8 Å². The van der Waals surface area contributed by atoms with Crippen LogP contribution in [0.2, 0.25) is 10.0 Å². The molecule has 31 heavy (non-hydrogen) atoms. The maximum absolute atomic E-state index is 12.2. The fourth-order valence-electron chi connectivity index (χ4n) is 2.24. The van der Waals surface area contributed by atoms with Crippen LogP contribution >= 0.6 is 23.2 Å². The Morgan fingerprint density at radius 1 is 1.03 bits per heavy atom. The molecule has 0 heterocycles. The molecule has 0 saturated heterocycles. The van der Waals surface area contributed by atoms with Gasteiger partial charge in [-0.05, 0) is 48.9 Å². The molecule has 3 N–H and O–H groups in total. The molecule has 0 aliphatic rings. The number of hydrogen-bond acceptors (Lipinski definition) is 6. The number of carbonyl (C=O) groups is 3. The smallest absolute Gasteiger partial charge is 0.329 e. The molecule has 3 amide bonds. The van der Waals surface area contributed by atoms with Crippen molar-refractivity contribution in [2.75, 3.05) is 25.6 Å². The van der Waals surface area contributed by atoms with E-state index < -0.39 is 17.7 Å². The lowest BCUT2D eigenvalue weighted by Gasteiger charge is -2.13. The van der Waals surface area contributed by atoms with Gasteiger partial charge in [0.2, 0.25) is 0 Å². The summed E-state index contributed by atoms with van der Waals surface area (Å²) in [5.74, 6) is -1.41. The van der Waals surface area contributed by atoms with Gasteiger partial charge in [0, 0.05) is 12.1 Å². The number of ether oxygens (including phenoxy) is 2. The zero-order valence-corrected chi connectivity index (χ0v) is 18.2. The first-order chi connectivity index (χ1) is 14.8. The highest BCUT2D eigenvalue weighted by Gasteiger charge is 2.12. The second-order valence-electron chi connectivity index (χ2n) is 5.88. The number of anilines is 1. The Balaban J connectivity index is 2.01. The maximum atomic E-state index is 12.2. The van der Waals surface area contributed by atoms with Gasteiger partial charge in [0.05, 0.1) is 23.5 Å². The lowest BCUT2D eigenvalue weighted by molar-refractivity contribution is -0.138. The summed E-state index contributed by atoms with van der Waals surface area (Å²) < 4.78 is 11.1. The summed E-state index contributed by atoms with van der Waals surface area (Å²) in [5.41, 5.74) is 3.08. The minimum absolute atomic E-state index is 0.283. The molecule has 0 radical (unpaired) electrons. The number of rotatable bonds is 8. The van der Waals surface area contributed by atoms with Crippen LogP contribution in [0.25, 0.3) is 0 Å². The highest BCUT2D eigenvalue weighted by atomic mass is 35.5. The largest absolute Gasteiger partial charge is 0.490 e. The molecule has 2 rings (SSSR count). The summed E-state index contributed by atoms with van der Waals surface area (Å²) in [7, 11) is 1.34. The number of nitrogens with one attached hydrogen (secondary N) is 3. The third kappa shape index (κ3) is 7.47. The molecular formula is C20H20Cl2N4O5. The Bertz CT molecular complexity index is 998. The van der Waals surface area contributed by atoms with Crippen molar-refractivity contribution in [3.63, 3.8) is 0 Å². The summed E-state index contributed by atoms with van der Waals surface area (Å²) in [4.78, 5) is 34.7. The van der Waals surface area contributed by atoms with Crippen molar-refractivity contribution in [2.24, 2.45) is 5.10 Å². The molecule has 2 aromatic carbocycles. The number of benzene rings is 2. The molecule has 0 spiro atoms. The first-order valence-electron chi connectivity index (χ1n) is 9.03. The molecule has 0 fully saturated rings. The van der Waals surface area contributed by atoms with Crippen LogP contribution in [-0.4, -0.2) is 44.2 Å². The van der Waals surface area contributed by atoms with Crippen LogP contribution < -0.4 is 25.5 Å². The van der Waals surface area contributed by atoms with Crippen LogP contribution in [0.1, 0.15) is 12.5 Å². The summed E-state index contributed by atoms with van der Waals surface area (Å²) in [6.07, 6.45) is 1.34. The van der Waals surface area contributed by atoms with Crippen LogP contribution in [0.3, 0.4) is 0 Å². The van der Waals surface area contributed by atoms with Crippen LogP contribution in [0.4, 0.5) is 5.69 Å². The number of likely N-dealkylation sites (N-methyl/N-ethyl adjacent to an activating group) is 1. The van der Waals surface area contributed by atoms with Gasteiger partial charge in [0.15, 0.2) is 18.1 Å². The van der Waals surface area contributed by atoms with Crippen molar-refractivity contribution in [1.82, 2.24) is 10.7 Å². The highest BCUT2D eigenvalue weighted by Crippen LogP contribution is 2.28. The van der Waals surface area contributed by atoms with Crippen LogP contribution in [-0.2, 0) is 14.4 Å². The number of hydrogen-bond donors (Lipinski definition) is 3. The van der Waals surface area contributed by atoms with Gasteiger partial charge in [-0.25, -0.2) is 5.43 Å². The van der Waals surface area contributed by atoms with E-state index in [0.29, 0.717) is 39.4 Å². The van der Waals surface area contributed by atoms with Crippen molar-refractivity contribution < 1.29 is 23.9 Å². The van der Waals surface area contributed by atoms with Gasteiger partial charge in [0.25, 0.3) is 5.91 Å². The van der Waals surface area contributed by atoms with Gasteiger partial charge in [0.1, 0.15) is 0 Å².